The topological polar surface area (TPSA) is 172 Å². The lowest BCUT2D eigenvalue weighted by molar-refractivity contribution is -0.137. The summed E-state index contributed by atoms with van der Waals surface area (Å²) in [4.78, 5) is 40.4. The van der Waals surface area contributed by atoms with Gasteiger partial charge in [0.1, 0.15) is 17.7 Å². The fourth-order valence-corrected chi connectivity index (χ4v) is 4.58. The molecule has 0 aliphatic carbocycles. The normalized spacial score (nSPS) is 15.8. The Morgan fingerprint density at radius 1 is 1.17 bits per heavy atom. The van der Waals surface area contributed by atoms with E-state index < -0.39 is 43.0 Å². The van der Waals surface area contributed by atoms with Crippen LogP contribution in [0, 0.1) is 0 Å². The number of carbonyl (C=O) groups is 3. The number of phenolic OH excluding ortho intramolecular Hbond substituents is 2. The van der Waals surface area contributed by atoms with Crippen molar-refractivity contribution in [3.8, 4) is 11.5 Å². The lowest BCUT2D eigenvalue weighted by Gasteiger charge is -2.20. The number of guanidine groups is 1. The molecule has 1 heterocycles. The van der Waals surface area contributed by atoms with Gasteiger partial charge in [0.25, 0.3) is 5.91 Å². The largest absolute Gasteiger partial charge is 0.508 e. The van der Waals surface area contributed by atoms with Crippen molar-refractivity contribution >= 4 is 61.3 Å². The number of benzene rings is 2. The molecular weight excluding hydrogens is 609 g/mol. The number of rotatable bonds is 8. The van der Waals surface area contributed by atoms with Gasteiger partial charge in [-0.25, -0.2) is 9.38 Å². The monoisotopic (exact) mass is 629 g/mol. The molecule has 11 nitrogen and oxygen atoms in total. The number of nitrogens with one attached hydrogen (secondary N) is 4. The minimum Gasteiger partial charge on any atom is -0.508 e. The van der Waals surface area contributed by atoms with Gasteiger partial charge in [-0.05, 0) is 40.2 Å². The second kappa shape index (κ2) is 12.0. The number of nitrogens with zero attached hydrogens (tertiary/aromatic N) is 1. The second-order valence-corrected chi connectivity index (χ2v) is 9.56. The highest BCUT2D eigenvalue weighted by molar-refractivity contribution is 9.11. The Balaban J connectivity index is 1.66. The molecule has 0 aromatic heterocycles. The minimum absolute atomic E-state index is 0.0197. The number of hydrogen-bond acceptors (Lipinski definition) is 8. The van der Waals surface area contributed by atoms with E-state index in [1.165, 1.54) is 24.3 Å². The van der Waals surface area contributed by atoms with E-state index in [4.69, 9.17) is 0 Å². The minimum atomic E-state index is -1.21. The molecule has 0 saturated carbocycles. The van der Waals surface area contributed by atoms with E-state index in [1.54, 1.807) is 6.07 Å². The SMILES string of the molecule is O=C(O)C[C@H](NC(=O)CNC(=O)c1cc(O)cc(NC2=NCC(F)CN2)c1)c1cc(Br)cc(Br)c1O. The number of anilines is 1. The van der Waals surface area contributed by atoms with Crippen LogP contribution in [0.25, 0.3) is 0 Å². The van der Waals surface area contributed by atoms with Gasteiger partial charge < -0.3 is 36.6 Å². The zero-order chi connectivity index (χ0) is 26.4. The van der Waals surface area contributed by atoms with E-state index in [2.05, 4.69) is 58.1 Å². The maximum absolute atomic E-state index is 13.2. The fourth-order valence-electron chi connectivity index (χ4n) is 3.33. The van der Waals surface area contributed by atoms with Crippen LogP contribution in [0.5, 0.6) is 11.5 Å². The van der Waals surface area contributed by atoms with Crippen LogP contribution >= 0.6 is 31.9 Å². The summed E-state index contributed by atoms with van der Waals surface area (Å²) in [6.07, 6.45) is -1.62. The summed E-state index contributed by atoms with van der Waals surface area (Å²) in [5, 5.41) is 40.0. The van der Waals surface area contributed by atoms with Crippen LogP contribution in [0.1, 0.15) is 28.4 Å². The molecule has 2 atom stereocenters. The van der Waals surface area contributed by atoms with Crippen molar-refractivity contribution in [3.63, 3.8) is 0 Å². The van der Waals surface area contributed by atoms with Crippen molar-refractivity contribution in [2.75, 3.05) is 25.0 Å². The van der Waals surface area contributed by atoms with E-state index in [9.17, 15) is 34.1 Å². The lowest BCUT2D eigenvalue weighted by Crippen LogP contribution is -2.41. The first-order valence-corrected chi connectivity index (χ1v) is 12.1. The zero-order valence-electron chi connectivity index (χ0n) is 18.5. The highest BCUT2D eigenvalue weighted by Gasteiger charge is 2.23. The van der Waals surface area contributed by atoms with Gasteiger partial charge in [0.15, 0.2) is 5.96 Å². The number of aliphatic carboxylic acids is 1. The Kier molecular flexibility index (Phi) is 9.09. The molecule has 0 bridgehead atoms. The van der Waals surface area contributed by atoms with E-state index in [-0.39, 0.29) is 41.7 Å². The average molecular weight is 631 g/mol. The fraction of sp³-hybridized carbons (Fsp3) is 0.273. The molecule has 0 radical (unpaired) electrons. The summed E-state index contributed by atoms with van der Waals surface area (Å²) in [5.74, 6) is -2.77. The van der Waals surface area contributed by atoms with Crippen molar-refractivity contribution in [1.82, 2.24) is 16.0 Å². The zero-order valence-corrected chi connectivity index (χ0v) is 21.7. The predicted octanol–water partition coefficient (Wildman–Crippen LogP) is 2.39. The average Bonchev–Trinajstić information content (AvgIpc) is 2.80. The number of carboxylic acid groups (broad SMARTS) is 1. The van der Waals surface area contributed by atoms with Crippen LogP contribution in [-0.2, 0) is 9.59 Å². The van der Waals surface area contributed by atoms with Gasteiger partial charge in [-0.1, -0.05) is 15.9 Å². The van der Waals surface area contributed by atoms with E-state index in [0.29, 0.717) is 14.6 Å². The van der Waals surface area contributed by atoms with Gasteiger partial charge in [-0.2, -0.15) is 0 Å². The van der Waals surface area contributed by atoms with Crippen LogP contribution in [0.15, 0.2) is 44.3 Å². The van der Waals surface area contributed by atoms with Crippen LogP contribution < -0.4 is 21.3 Å². The van der Waals surface area contributed by atoms with Crippen molar-refractivity contribution in [1.29, 1.82) is 0 Å². The molecule has 1 aliphatic heterocycles. The molecule has 0 spiro atoms. The Labute approximate surface area is 221 Å². The summed E-state index contributed by atoms with van der Waals surface area (Å²) < 4.78 is 14.1. The third-order valence-corrected chi connectivity index (χ3v) is 6.00. The first-order chi connectivity index (χ1) is 17.0. The van der Waals surface area contributed by atoms with Gasteiger partial charge in [0.05, 0.1) is 36.6 Å². The molecule has 36 heavy (non-hydrogen) atoms. The summed E-state index contributed by atoms with van der Waals surface area (Å²) in [5.41, 5.74) is 0.506. The van der Waals surface area contributed by atoms with Crippen LogP contribution in [0.2, 0.25) is 0 Å². The Hall–Kier alpha value is -3.39. The van der Waals surface area contributed by atoms with Crippen molar-refractivity contribution < 1.29 is 34.1 Å². The van der Waals surface area contributed by atoms with E-state index in [0.717, 1.165) is 0 Å². The van der Waals surface area contributed by atoms with E-state index in [1.807, 2.05) is 0 Å². The van der Waals surface area contributed by atoms with Gasteiger partial charge >= 0.3 is 5.97 Å². The summed E-state index contributed by atoms with van der Waals surface area (Å²) in [7, 11) is 0. The number of alkyl halides is 1. The van der Waals surface area contributed by atoms with Crippen molar-refractivity contribution in [2.24, 2.45) is 4.99 Å². The van der Waals surface area contributed by atoms with Crippen LogP contribution in [0.4, 0.5) is 10.1 Å². The first-order valence-electron chi connectivity index (χ1n) is 10.5. The summed E-state index contributed by atoms with van der Waals surface area (Å²) >= 11 is 6.43. The van der Waals surface area contributed by atoms with Crippen molar-refractivity contribution in [2.45, 2.75) is 18.6 Å². The predicted molar refractivity (Wildman–Crippen MR) is 136 cm³/mol. The molecule has 7 N–H and O–H groups in total. The maximum atomic E-state index is 13.2. The van der Waals surface area contributed by atoms with Crippen molar-refractivity contribution in [3.05, 3.63) is 50.4 Å². The van der Waals surface area contributed by atoms with Gasteiger partial charge in [0, 0.05) is 27.4 Å². The molecule has 1 aliphatic rings. The van der Waals surface area contributed by atoms with E-state index >= 15 is 0 Å². The summed E-state index contributed by atoms with van der Waals surface area (Å²) in [6, 6.07) is 5.90. The lowest BCUT2D eigenvalue weighted by atomic mass is 10.0. The molecule has 14 heteroatoms. The Morgan fingerprint density at radius 3 is 2.58 bits per heavy atom. The summed E-state index contributed by atoms with van der Waals surface area (Å²) in [6.45, 7) is -0.450. The quantitative estimate of drug-likeness (QED) is 0.233. The number of aromatic hydroxyl groups is 2. The second-order valence-electron chi connectivity index (χ2n) is 7.79. The van der Waals surface area contributed by atoms with Gasteiger partial charge in [0.2, 0.25) is 5.91 Å². The highest BCUT2D eigenvalue weighted by atomic mass is 79.9. The highest BCUT2D eigenvalue weighted by Crippen LogP contribution is 2.36. The number of aliphatic imine (C=N–C) groups is 1. The van der Waals surface area contributed by atoms with Gasteiger partial charge in [-0.3, -0.25) is 14.4 Å². The standard InChI is InChI=1S/C22H22Br2FN5O6/c23-11-3-15(20(35)16(24)4-11)17(6-19(33)34)30-18(32)9-26-21(36)10-1-13(5-14(31)2-10)29-22-27-7-12(25)8-28-22/h1-5,12,17,31,35H,6-9H2,(H,26,36)(H,30,32)(H,33,34)(H2,27,28,29)/t17-/m0/s1. The smallest absolute Gasteiger partial charge is 0.305 e. The number of hydrogen-bond donors (Lipinski definition) is 7. The Morgan fingerprint density at radius 2 is 1.92 bits per heavy atom. The third-order valence-electron chi connectivity index (χ3n) is 4.94. The number of halogens is 3. The molecule has 2 amide bonds. The molecule has 2 aromatic rings. The molecule has 2 aromatic carbocycles. The van der Waals surface area contributed by atoms with Crippen LogP contribution in [-0.4, -0.2) is 64.9 Å². The Bertz CT molecular complexity index is 1210. The number of carboxylic acids is 1. The molecule has 0 fully saturated rings. The molecule has 3 rings (SSSR count). The molecule has 1 unspecified atom stereocenters. The number of carbonyl (C=O) groups excluding carboxylic acids is 2. The maximum Gasteiger partial charge on any atom is 0.305 e. The molecule has 0 saturated heterocycles. The van der Waals surface area contributed by atoms with Gasteiger partial charge in [-0.15, -0.1) is 0 Å². The molecular formula is C22H22Br2FN5O6. The number of phenols is 2. The third kappa shape index (κ3) is 7.55. The molecule has 192 valence electrons. The first kappa shape index (κ1) is 27.2. The number of amides is 2. The van der Waals surface area contributed by atoms with Crippen LogP contribution in [0.3, 0.4) is 0 Å².